The molecule has 3 amide bonds. The number of fused-ring (bicyclic) bond motifs is 1. The van der Waals surface area contributed by atoms with Gasteiger partial charge >= 0.3 is 0 Å². The fraction of sp³-hybridized carbons (Fsp3) is 0.565. The number of hydrogen-bond acceptors (Lipinski definition) is 5. The van der Waals surface area contributed by atoms with Gasteiger partial charge < -0.3 is 25.1 Å². The Balaban J connectivity index is 1.41. The molecule has 32 heavy (non-hydrogen) atoms. The van der Waals surface area contributed by atoms with Gasteiger partial charge in [-0.15, -0.1) is 0 Å². The minimum Gasteiger partial charge on any atom is -0.484 e. The number of ether oxygens (including phenoxy) is 1. The Morgan fingerprint density at radius 2 is 2.06 bits per heavy atom. The first-order chi connectivity index (χ1) is 15.2. The van der Waals surface area contributed by atoms with Crippen molar-refractivity contribution in [3.8, 4) is 5.75 Å². The van der Waals surface area contributed by atoms with Crippen molar-refractivity contribution in [1.29, 1.82) is 0 Å². The number of nitrogens with one attached hydrogen (secondary N) is 2. The molecule has 1 aromatic carbocycles. The van der Waals surface area contributed by atoms with E-state index in [-0.39, 0.29) is 53.9 Å². The Morgan fingerprint density at radius 1 is 1.34 bits per heavy atom. The van der Waals surface area contributed by atoms with Crippen molar-refractivity contribution >= 4 is 35.6 Å². The third-order valence-electron chi connectivity index (χ3n) is 7.17. The summed E-state index contributed by atoms with van der Waals surface area (Å²) in [6, 6.07) is 5.29. The van der Waals surface area contributed by atoms with Gasteiger partial charge in [-0.25, -0.2) is 0 Å². The van der Waals surface area contributed by atoms with Crippen molar-refractivity contribution in [2.45, 2.75) is 38.8 Å². The molecule has 172 valence electrons. The highest BCUT2D eigenvalue weighted by atomic mass is 35.5. The maximum Gasteiger partial charge on any atom is 0.261 e. The zero-order valence-corrected chi connectivity index (χ0v) is 18.9. The average molecular weight is 462 g/mol. The summed E-state index contributed by atoms with van der Waals surface area (Å²) in [6.07, 6.45) is 1.58. The molecule has 9 heteroatoms. The average Bonchev–Trinajstić information content (AvgIpc) is 3.13. The Kier molecular flexibility index (Phi) is 6.16. The summed E-state index contributed by atoms with van der Waals surface area (Å²) in [4.78, 5) is 51.2. The molecular weight excluding hydrogens is 434 g/mol. The largest absolute Gasteiger partial charge is 0.484 e. The standard InChI is InChI=1S/C23H28ClN3O5/c1-23(2)17-10-27(18(29)12-32-16-5-3-14(24)4-6-16)20(19(17)23)22(31)26-15(11-28)9-13-7-8-25-21(13)30/h3-6,11,13,15,17,19-20H,7-10,12H2,1-2H3,(H,25,30)(H,26,31)/t13-,15-,17-,19-,20+/m0/s1. The molecule has 3 fully saturated rings. The van der Waals surface area contributed by atoms with Gasteiger partial charge in [0.2, 0.25) is 11.8 Å². The Labute approximate surface area is 192 Å². The first kappa shape index (κ1) is 22.6. The van der Waals surface area contributed by atoms with E-state index < -0.39 is 12.1 Å². The van der Waals surface area contributed by atoms with Crippen LogP contribution in [0.1, 0.15) is 26.7 Å². The summed E-state index contributed by atoms with van der Waals surface area (Å²) in [5.41, 5.74) is -0.0438. The number of nitrogens with zero attached hydrogens (tertiary/aromatic N) is 1. The molecule has 5 atom stereocenters. The fourth-order valence-electron chi connectivity index (χ4n) is 5.19. The van der Waals surface area contributed by atoms with Gasteiger partial charge in [0.1, 0.15) is 18.1 Å². The zero-order valence-electron chi connectivity index (χ0n) is 18.2. The van der Waals surface area contributed by atoms with E-state index in [4.69, 9.17) is 16.3 Å². The van der Waals surface area contributed by atoms with Crippen molar-refractivity contribution in [3.63, 3.8) is 0 Å². The number of aldehydes is 1. The molecule has 2 N–H and O–H groups in total. The molecule has 1 aromatic rings. The van der Waals surface area contributed by atoms with Crippen LogP contribution in [0, 0.1) is 23.2 Å². The van der Waals surface area contributed by atoms with Gasteiger partial charge in [-0.05, 0) is 54.4 Å². The maximum absolute atomic E-state index is 13.2. The number of carbonyl (C=O) groups is 4. The van der Waals surface area contributed by atoms with E-state index in [0.29, 0.717) is 36.6 Å². The van der Waals surface area contributed by atoms with E-state index in [1.54, 1.807) is 29.2 Å². The number of benzene rings is 1. The lowest BCUT2D eigenvalue weighted by atomic mass is 9.97. The molecule has 1 aliphatic carbocycles. The van der Waals surface area contributed by atoms with Crippen molar-refractivity contribution in [2.24, 2.45) is 23.2 Å². The summed E-state index contributed by atoms with van der Waals surface area (Å²) < 4.78 is 5.59. The second-order valence-corrected chi connectivity index (χ2v) is 9.89. The highest BCUT2D eigenvalue weighted by Gasteiger charge is 2.69. The van der Waals surface area contributed by atoms with E-state index in [1.807, 2.05) is 0 Å². The molecule has 8 nitrogen and oxygen atoms in total. The fourth-order valence-corrected chi connectivity index (χ4v) is 5.32. The van der Waals surface area contributed by atoms with Crippen LogP contribution in [0.25, 0.3) is 0 Å². The Morgan fingerprint density at radius 3 is 2.69 bits per heavy atom. The lowest BCUT2D eigenvalue weighted by molar-refractivity contribution is -0.142. The van der Waals surface area contributed by atoms with Crippen molar-refractivity contribution in [2.75, 3.05) is 19.7 Å². The van der Waals surface area contributed by atoms with Gasteiger partial charge in [-0.3, -0.25) is 14.4 Å². The van der Waals surface area contributed by atoms with E-state index in [9.17, 15) is 19.2 Å². The first-order valence-corrected chi connectivity index (χ1v) is 11.3. The monoisotopic (exact) mass is 461 g/mol. The maximum atomic E-state index is 13.2. The molecule has 0 aromatic heterocycles. The van der Waals surface area contributed by atoms with Crippen molar-refractivity contribution < 1.29 is 23.9 Å². The number of likely N-dealkylation sites (tertiary alicyclic amines) is 1. The van der Waals surface area contributed by atoms with Crippen LogP contribution in [-0.4, -0.2) is 60.7 Å². The van der Waals surface area contributed by atoms with Crippen LogP contribution in [0.4, 0.5) is 0 Å². The first-order valence-electron chi connectivity index (χ1n) is 10.9. The summed E-state index contributed by atoms with van der Waals surface area (Å²) >= 11 is 5.87. The Hall–Kier alpha value is -2.61. The third-order valence-corrected chi connectivity index (χ3v) is 7.42. The van der Waals surface area contributed by atoms with E-state index >= 15 is 0 Å². The quantitative estimate of drug-likeness (QED) is 0.569. The lowest BCUT2D eigenvalue weighted by Crippen LogP contribution is -2.53. The SMILES string of the molecule is CC1(C)[C@@H]2[C@H](C(=O)N[C@H](C=O)C[C@@H]3CCNC3=O)N(C(=O)COc3ccc(Cl)cc3)C[C@@H]21. The number of amides is 3. The lowest BCUT2D eigenvalue weighted by Gasteiger charge is -2.31. The second-order valence-electron chi connectivity index (χ2n) is 9.45. The number of carbonyl (C=O) groups excluding carboxylic acids is 4. The molecule has 0 radical (unpaired) electrons. The predicted molar refractivity (Wildman–Crippen MR) is 117 cm³/mol. The Bertz CT molecular complexity index is 919. The van der Waals surface area contributed by atoms with Crippen LogP contribution in [0.5, 0.6) is 5.75 Å². The summed E-state index contributed by atoms with van der Waals surface area (Å²) in [6.45, 7) is 5.06. The smallest absolute Gasteiger partial charge is 0.261 e. The predicted octanol–water partition coefficient (Wildman–Crippen LogP) is 1.41. The van der Waals surface area contributed by atoms with Gasteiger partial charge in [-0.2, -0.15) is 0 Å². The minimum atomic E-state index is -0.764. The van der Waals surface area contributed by atoms with Crippen LogP contribution < -0.4 is 15.4 Å². The highest BCUT2D eigenvalue weighted by Crippen LogP contribution is 2.64. The normalized spacial score (nSPS) is 28.5. The molecule has 2 heterocycles. The number of halogens is 1. The van der Waals surface area contributed by atoms with Gasteiger partial charge in [0.05, 0.1) is 6.04 Å². The van der Waals surface area contributed by atoms with Gasteiger partial charge in [0, 0.05) is 24.0 Å². The summed E-state index contributed by atoms with van der Waals surface area (Å²) in [5.74, 6) is -0.225. The molecule has 0 spiro atoms. The third kappa shape index (κ3) is 4.33. The van der Waals surface area contributed by atoms with Crippen LogP contribution in [0.2, 0.25) is 5.02 Å². The zero-order chi connectivity index (χ0) is 23.0. The van der Waals surface area contributed by atoms with Crippen molar-refractivity contribution in [1.82, 2.24) is 15.5 Å². The number of rotatable bonds is 8. The van der Waals surface area contributed by atoms with Gasteiger partial charge in [0.25, 0.3) is 5.91 Å². The van der Waals surface area contributed by atoms with Crippen LogP contribution >= 0.6 is 11.6 Å². The van der Waals surface area contributed by atoms with Crippen LogP contribution in [0.15, 0.2) is 24.3 Å². The molecular formula is C23H28ClN3O5. The molecule has 3 aliphatic rings. The van der Waals surface area contributed by atoms with Crippen LogP contribution in [0.3, 0.4) is 0 Å². The topological polar surface area (TPSA) is 105 Å². The summed E-state index contributed by atoms with van der Waals surface area (Å²) in [5, 5.41) is 6.09. The van der Waals surface area contributed by atoms with E-state index in [0.717, 1.165) is 0 Å². The summed E-state index contributed by atoms with van der Waals surface area (Å²) in [7, 11) is 0. The number of hydrogen-bond donors (Lipinski definition) is 2. The molecule has 2 aliphatic heterocycles. The number of piperidine rings is 1. The van der Waals surface area contributed by atoms with E-state index in [2.05, 4.69) is 24.5 Å². The minimum absolute atomic E-state index is 0.0315. The van der Waals surface area contributed by atoms with E-state index in [1.165, 1.54) is 0 Å². The molecule has 0 bridgehead atoms. The van der Waals surface area contributed by atoms with Gasteiger partial charge in [0.15, 0.2) is 6.61 Å². The van der Waals surface area contributed by atoms with Gasteiger partial charge in [-0.1, -0.05) is 25.4 Å². The second kappa shape index (κ2) is 8.73. The molecule has 4 rings (SSSR count). The van der Waals surface area contributed by atoms with Crippen LogP contribution in [-0.2, 0) is 19.2 Å². The molecule has 0 unspecified atom stereocenters. The van der Waals surface area contributed by atoms with Crippen molar-refractivity contribution in [3.05, 3.63) is 29.3 Å². The molecule has 1 saturated carbocycles. The molecule has 2 saturated heterocycles. The highest BCUT2D eigenvalue weighted by molar-refractivity contribution is 6.30.